The molecule has 1 fully saturated rings. The highest BCUT2D eigenvalue weighted by molar-refractivity contribution is 7.37. The highest BCUT2D eigenvalue weighted by Crippen LogP contribution is 2.38. The highest BCUT2D eigenvalue weighted by Gasteiger charge is 2.31. The van der Waals surface area contributed by atoms with E-state index in [2.05, 4.69) is 9.82 Å². The monoisotopic (exact) mass is 355 g/mol. The number of hydrogen-bond donors (Lipinski definition) is 2. The first kappa shape index (κ1) is 18.3. The number of esters is 1. The zero-order valence-corrected chi connectivity index (χ0v) is 14.4. The lowest BCUT2D eigenvalue weighted by Gasteiger charge is -2.28. The van der Waals surface area contributed by atoms with Crippen molar-refractivity contribution in [1.82, 2.24) is 10.2 Å². The summed E-state index contributed by atoms with van der Waals surface area (Å²) in [5.41, 5.74) is 1.54. The Bertz CT molecular complexity index is 651. The smallest absolute Gasteiger partial charge is 0.468 e. The second-order valence-electron chi connectivity index (χ2n) is 5.46. The number of para-hydroxylation sites is 1. The standard InChI is InChI=1S/C15H20N2O6P/c1-10-4-3-5-12(11-6-7-13(18)17(20)9-11)15(10)23-24(21)16-8-14(19)22-2/h3-5,11,20H,6-9H2,1-2H3,(H,16,21)/q+1. The third-order valence-corrected chi connectivity index (χ3v) is 4.59. The van der Waals surface area contributed by atoms with Crippen LogP contribution in [0.3, 0.4) is 0 Å². The maximum atomic E-state index is 12.0. The minimum absolute atomic E-state index is 0.119. The highest BCUT2D eigenvalue weighted by atomic mass is 31.1. The summed E-state index contributed by atoms with van der Waals surface area (Å²) in [4.78, 5) is 22.5. The molecule has 1 heterocycles. The Balaban J connectivity index is 2.13. The average Bonchev–Trinajstić information content (AvgIpc) is 2.57. The van der Waals surface area contributed by atoms with E-state index in [0.29, 0.717) is 17.2 Å². The molecule has 0 saturated carbocycles. The minimum atomic E-state index is -2.31. The second-order valence-corrected chi connectivity index (χ2v) is 6.48. The van der Waals surface area contributed by atoms with Crippen LogP contribution in [0.4, 0.5) is 0 Å². The van der Waals surface area contributed by atoms with Crippen LogP contribution in [0.1, 0.15) is 29.9 Å². The van der Waals surface area contributed by atoms with Crippen molar-refractivity contribution in [3.8, 4) is 5.75 Å². The van der Waals surface area contributed by atoms with Crippen LogP contribution >= 0.6 is 8.18 Å². The van der Waals surface area contributed by atoms with E-state index in [9.17, 15) is 19.4 Å². The van der Waals surface area contributed by atoms with Crippen molar-refractivity contribution >= 4 is 20.1 Å². The first-order valence-corrected chi connectivity index (χ1v) is 8.64. The average molecular weight is 355 g/mol. The first-order valence-electron chi connectivity index (χ1n) is 7.46. The lowest BCUT2D eigenvalue weighted by atomic mass is 9.89. The van der Waals surface area contributed by atoms with Gasteiger partial charge in [0.2, 0.25) is 5.91 Å². The molecule has 9 heteroatoms. The first-order chi connectivity index (χ1) is 11.4. The summed E-state index contributed by atoms with van der Waals surface area (Å²) < 4.78 is 22.0. The maximum Gasteiger partial charge on any atom is 0.664 e. The van der Waals surface area contributed by atoms with Crippen LogP contribution < -0.4 is 9.61 Å². The number of ether oxygens (including phenoxy) is 1. The summed E-state index contributed by atoms with van der Waals surface area (Å²) in [5, 5.41) is 12.8. The van der Waals surface area contributed by atoms with Crippen molar-refractivity contribution < 1.29 is 28.6 Å². The van der Waals surface area contributed by atoms with Crippen LogP contribution in [0.25, 0.3) is 0 Å². The molecule has 0 aliphatic carbocycles. The summed E-state index contributed by atoms with van der Waals surface area (Å²) in [6.07, 6.45) is 0.809. The number of piperidine rings is 1. The van der Waals surface area contributed by atoms with Crippen LogP contribution in [0.2, 0.25) is 0 Å². The SMILES string of the molecule is COC(=O)CN[P+](=O)Oc1c(C)cccc1C1CCC(=O)N(O)C1. The van der Waals surface area contributed by atoms with Gasteiger partial charge in [0.25, 0.3) is 0 Å². The molecule has 0 bridgehead atoms. The molecule has 1 aromatic rings. The van der Waals surface area contributed by atoms with Crippen molar-refractivity contribution in [2.24, 2.45) is 0 Å². The third kappa shape index (κ3) is 4.50. The topological polar surface area (TPSA) is 105 Å². The number of carbonyl (C=O) groups is 2. The van der Waals surface area contributed by atoms with Crippen molar-refractivity contribution in [2.45, 2.75) is 25.7 Å². The molecule has 2 unspecified atom stereocenters. The molecule has 2 N–H and O–H groups in total. The molecule has 0 radical (unpaired) electrons. The molecule has 2 atom stereocenters. The molecule has 24 heavy (non-hydrogen) atoms. The van der Waals surface area contributed by atoms with E-state index in [-0.39, 0.29) is 31.3 Å². The van der Waals surface area contributed by atoms with E-state index >= 15 is 0 Å². The van der Waals surface area contributed by atoms with Crippen LogP contribution in [0.15, 0.2) is 18.2 Å². The molecule has 1 amide bonds. The number of nitrogens with one attached hydrogen (secondary N) is 1. The number of carbonyl (C=O) groups excluding carboxylic acids is 2. The third-order valence-electron chi connectivity index (χ3n) is 3.82. The number of rotatable bonds is 6. The Kier molecular flexibility index (Phi) is 6.25. The Labute approximate surface area is 140 Å². The zero-order valence-electron chi connectivity index (χ0n) is 13.5. The van der Waals surface area contributed by atoms with Gasteiger partial charge in [-0.2, -0.15) is 0 Å². The molecule has 8 nitrogen and oxygen atoms in total. The Hall–Kier alpha value is -2.02. The lowest BCUT2D eigenvalue weighted by Crippen LogP contribution is -2.36. The molecule has 130 valence electrons. The fourth-order valence-electron chi connectivity index (χ4n) is 2.52. The molecule has 1 aliphatic rings. The normalized spacial score (nSPS) is 18.3. The molecule has 1 saturated heterocycles. The van der Waals surface area contributed by atoms with Gasteiger partial charge in [-0.05, 0) is 18.9 Å². The van der Waals surface area contributed by atoms with Gasteiger partial charge in [-0.1, -0.05) is 23.3 Å². The Morgan fingerprint density at radius 3 is 2.92 bits per heavy atom. The molecular formula is C15H20N2O6P+. The number of hydroxylamine groups is 2. The number of methoxy groups -OCH3 is 1. The minimum Gasteiger partial charge on any atom is -0.468 e. The van der Waals surface area contributed by atoms with Gasteiger partial charge < -0.3 is 4.74 Å². The molecule has 1 aliphatic heterocycles. The number of amides is 1. The van der Waals surface area contributed by atoms with Gasteiger partial charge in [-0.15, -0.1) is 0 Å². The lowest BCUT2D eigenvalue weighted by molar-refractivity contribution is -0.171. The van der Waals surface area contributed by atoms with Crippen LogP contribution in [0, 0.1) is 6.92 Å². The van der Waals surface area contributed by atoms with Gasteiger partial charge in [-0.3, -0.25) is 14.8 Å². The molecular weight excluding hydrogens is 335 g/mol. The van der Waals surface area contributed by atoms with Crippen LogP contribution in [-0.2, 0) is 18.9 Å². The van der Waals surface area contributed by atoms with E-state index < -0.39 is 14.1 Å². The summed E-state index contributed by atoms with van der Waals surface area (Å²) in [7, 11) is -1.07. The van der Waals surface area contributed by atoms with E-state index in [0.717, 1.165) is 11.1 Å². The Morgan fingerprint density at radius 1 is 1.50 bits per heavy atom. The summed E-state index contributed by atoms with van der Waals surface area (Å²) in [5.74, 6) is -0.545. The van der Waals surface area contributed by atoms with Crippen molar-refractivity contribution in [1.29, 1.82) is 0 Å². The Morgan fingerprint density at radius 2 is 2.25 bits per heavy atom. The predicted molar refractivity (Wildman–Crippen MR) is 84.9 cm³/mol. The fraction of sp³-hybridized carbons (Fsp3) is 0.467. The largest absolute Gasteiger partial charge is 0.664 e. The summed E-state index contributed by atoms with van der Waals surface area (Å²) >= 11 is 0. The van der Waals surface area contributed by atoms with Crippen LogP contribution in [0.5, 0.6) is 5.75 Å². The molecule has 0 aromatic heterocycles. The summed E-state index contributed by atoms with van der Waals surface area (Å²) in [6, 6.07) is 5.47. The number of nitrogens with zero attached hydrogens (tertiary/aromatic N) is 1. The van der Waals surface area contributed by atoms with Gasteiger partial charge in [0.15, 0.2) is 5.75 Å². The van der Waals surface area contributed by atoms with Gasteiger partial charge in [0, 0.05) is 22.5 Å². The quantitative estimate of drug-likeness (QED) is 0.456. The van der Waals surface area contributed by atoms with Gasteiger partial charge in [0.05, 0.1) is 13.7 Å². The fourth-order valence-corrected chi connectivity index (χ4v) is 3.26. The van der Waals surface area contributed by atoms with E-state index in [1.54, 1.807) is 0 Å². The van der Waals surface area contributed by atoms with Crippen molar-refractivity contribution in [2.75, 3.05) is 20.2 Å². The van der Waals surface area contributed by atoms with Crippen LogP contribution in [-0.4, -0.2) is 42.3 Å². The van der Waals surface area contributed by atoms with E-state index in [1.165, 1.54) is 7.11 Å². The van der Waals surface area contributed by atoms with Gasteiger partial charge in [0.1, 0.15) is 6.54 Å². The number of benzene rings is 1. The molecule has 1 aromatic carbocycles. The van der Waals surface area contributed by atoms with Gasteiger partial charge >= 0.3 is 14.1 Å². The summed E-state index contributed by atoms with van der Waals surface area (Å²) in [6.45, 7) is 1.74. The second kappa shape index (κ2) is 8.19. The zero-order chi connectivity index (χ0) is 17.7. The molecule has 0 spiro atoms. The maximum absolute atomic E-state index is 12.0. The van der Waals surface area contributed by atoms with Crippen molar-refractivity contribution in [3.63, 3.8) is 0 Å². The predicted octanol–water partition coefficient (Wildman–Crippen LogP) is 1.89. The van der Waals surface area contributed by atoms with Crippen molar-refractivity contribution in [3.05, 3.63) is 29.3 Å². The van der Waals surface area contributed by atoms with Gasteiger partial charge in [-0.25, -0.2) is 9.59 Å². The van der Waals surface area contributed by atoms with E-state index in [4.69, 9.17) is 4.52 Å². The van der Waals surface area contributed by atoms with E-state index in [1.807, 2.05) is 25.1 Å². The molecule has 2 rings (SSSR count). The number of aryl methyl sites for hydroxylation is 1. The number of hydrogen-bond acceptors (Lipinski definition) is 6.